The lowest BCUT2D eigenvalue weighted by atomic mass is 9.96. The Kier molecular flexibility index (Phi) is 4.09. The van der Waals surface area contributed by atoms with Gasteiger partial charge >= 0.3 is 0 Å². The summed E-state index contributed by atoms with van der Waals surface area (Å²) in [5.41, 5.74) is 3.28. The molecular weight excluding hydrogens is 324 g/mol. The molecule has 1 N–H and O–H groups in total. The summed E-state index contributed by atoms with van der Waals surface area (Å²) in [4.78, 5) is 0. The second-order valence-corrected chi connectivity index (χ2v) is 6.24. The van der Waals surface area contributed by atoms with Crippen LogP contribution >= 0.6 is 15.9 Å². The molecular formula is C19H17BrO. The second kappa shape index (κ2) is 6.00. The fourth-order valence-corrected chi connectivity index (χ4v) is 3.22. The average molecular weight is 341 g/mol. The number of aliphatic hydroxyl groups excluding tert-OH is 1. The highest BCUT2D eigenvalue weighted by Crippen LogP contribution is 2.29. The van der Waals surface area contributed by atoms with Crippen LogP contribution in [0.3, 0.4) is 0 Å². The maximum absolute atomic E-state index is 10.6. The summed E-state index contributed by atoms with van der Waals surface area (Å²) in [7, 11) is 0. The molecule has 0 saturated carbocycles. The van der Waals surface area contributed by atoms with Gasteiger partial charge in [0.15, 0.2) is 0 Å². The molecule has 21 heavy (non-hydrogen) atoms. The fourth-order valence-electron chi connectivity index (χ4n) is 2.71. The number of rotatable bonds is 3. The first kappa shape index (κ1) is 14.3. The van der Waals surface area contributed by atoms with Crippen molar-refractivity contribution in [3.8, 4) is 0 Å². The summed E-state index contributed by atoms with van der Waals surface area (Å²) >= 11 is 3.53. The quantitative estimate of drug-likeness (QED) is 0.695. The van der Waals surface area contributed by atoms with E-state index in [1.165, 1.54) is 16.3 Å². The summed E-state index contributed by atoms with van der Waals surface area (Å²) < 4.78 is 0.959. The minimum atomic E-state index is -0.509. The molecule has 2 heteroatoms. The number of hydrogen-bond donors (Lipinski definition) is 1. The zero-order chi connectivity index (χ0) is 14.8. The van der Waals surface area contributed by atoms with Gasteiger partial charge in [0.25, 0.3) is 0 Å². The molecule has 1 unspecified atom stereocenters. The molecule has 106 valence electrons. The van der Waals surface area contributed by atoms with Crippen molar-refractivity contribution in [3.05, 3.63) is 81.8 Å². The monoisotopic (exact) mass is 340 g/mol. The van der Waals surface area contributed by atoms with Crippen molar-refractivity contribution in [1.82, 2.24) is 0 Å². The molecule has 0 radical (unpaired) electrons. The third-order valence-electron chi connectivity index (χ3n) is 3.80. The van der Waals surface area contributed by atoms with Crippen LogP contribution < -0.4 is 0 Å². The molecule has 1 atom stereocenters. The summed E-state index contributed by atoms with van der Waals surface area (Å²) in [5.74, 6) is 0. The molecule has 0 spiro atoms. The first-order valence-corrected chi connectivity index (χ1v) is 7.85. The number of halogens is 1. The first-order chi connectivity index (χ1) is 10.1. The lowest BCUT2D eigenvalue weighted by Gasteiger charge is -2.15. The minimum Gasteiger partial charge on any atom is -0.388 e. The van der Waals surface area contributed by atoms with Crippen LogP contribution in [0, 0.1) is 6.92 Å². The van der Waals surface area contributed by atoms with Gasteiger partial charge in [0.1, 0.15) is 0 Å². The smallest absolute Gasteiger partial charge is 0.0841 e. The van der Waals surface area contributed by atoms with Crippen LogP contribution in [0.2, 0.25) is 0 Å². The van der Waals surface area contributed by atoms with Gasteiger partial charge in [0.05, 0.1) is 6.10 Å². The Morgan fingerprint density at radius 2 is 1.76 bits per heavy atom. The zero-order valence-electron chi connectivity index (χ0n) is 11.9. The van der Waals surface area contributed by atoms with Crippen LogP contribution in [0.5, 0.6) is 0 Å². The molecule has 3 aromatic carbocycles. The van der Waals surface area contributed by atoms with E-state index in [2.05, 4.69) is 46.3 Å². The van der Waals surface area contributed by atoms with E-state index >= 15 is 0 Å². The van der Waals surface area contributed by atoms with E-state index < -0.39 is 6.10 Å². The van der Waals surface area contributed by atoms with Crippen LogP contribution in [0.4, 0.5) is 0 Å². The third kappa shape index (κ3) is 3.02. The number of benzene rings is 3. The first-order valence-electron chi connectivity index (χ1n) is 7.06. The molecule has 0 aliphatic rings. The highest BCUT2D eigenvalue weighted by molar-refractivity contribution is 9.10. The van der Waals surface area contributed by atoms with E-state index in [9.17, 15) is 5.11 Å². The molecule has 0 saturated heterocycles. The largest absolute Gasteiger partial charge is 0.388 e. The van der Waals surface area contributed by atoms with Gasteiger partial charge < -0.3 is 5.11 Å². The SMILES string of the molecule is Cc1ccc(Br)c(C(O)Cc2cccc3ccccc23)c1. The summed E-state index contributed by atoms with van der Waals surface area (Å²) in [6, 6.07) is 20.6. The topological polar surface area (TPSA) is 20.2 Å². The van der Waals surface area contributed by atoms with Crippen LogP contribution in [-0.2, 0) is 6.42 Å². The molecule has 3 rings (SSSR count). The number of fused-ring (bicyclic) bond motifs is 1. The van der Waals surface area contributed by atoms with Crippen molar-refractivity contribution >= 4 is 26.7 Å². The Morgan fingerprint density at radius 3 is 2.62 bits per heavy atom. The van der Waals surface area contributed by atoms with Crippen LogP contribution in [0.1, 0.15) is 22.8 Å². The maximum atomic E-state index is 10.6. The summed E-state index contributed by atoms with van der Waals surface area (Å²) in [6.45, 7) is 2.04. The number of hydrogen-bond acceptors (Lipinski definition) is 1. The van der Waals surface area contributed by atoms with E-state index in [1.54, 1.807) is 0 Å². The van der Waals surface area contributed by atoms with Gasteiger partial charge in [-0.3, -0.25) is 0 Å². The van der Waals surface area contributed by atoms with Crippen molar-refractivity contribution in [2.45, 2.75) is 19.4 Å². The van der Waals surface area contributed by atoms with Crippen molar-refractivity contribution in [1.29, 1.82) is 0 Å². The predicted octanol–water partition coefficient (Wildman–Crippen LogP) is 5.19. The predicted molar refractivity (Wildman–Crippen MR) is 91.5 cm³/mol. The van der Waals surface area contributed by atoms with Gasteiger partial charge in [0, 0.05) is 10.9 Å². The van der Waals surface area contributed by atoms with Gasteiger partial charge in [-0.2, -0.15) is 0 Å². The van der Waals surface area contributed by atoms with Crippen molar-refractivity contribution in [3.63, 3.8) is 0 Å². The van der Waals surface area contributed by atoms with Gasteiger partial charge in [-0.1, -0.05) is 76.1 Å². The van der Waals surface area contributed by atoms with Gasteiger partial charge in [-0.15, -0.1) is 0 Å². The third-order valence-corrected chi connectivity index (χ3v) is 4.53. The van der Waals surface area contributed by atoms with Crippen molar-refractivity contribution in [2.75, 3.05) is 0 Å². The Labute approximate surface area is 133 Å². The molecule has 1 nitrogen and oxygen atoms in total. The molecule has 0 aliphatic heterocycles. The standard InChI is InChI=1S/C19H17BrO/c1-13-9-10-18(20)17(11-13)19(21)12-15-7-4-6-14-5-2-3-8-16(14)15/h2-11,19,21H,12H2,1H3. The summed E-state index contributed by atoms with van der Waals surface area (Å²) in [5, 5.41) is 13.0. The zero-order valence-corrected chi connectivity index (χ0v) is 13.5. The Balaban J connectivity index is 1.96. The van der Waals surface area contributed by atoms with Crippen molar-refractivity contribution in [2.24, 2.45) is 0 Å². The van der Waals surface area contributed by atoms with E-state index in [0.29, 0.717) is 6.42 Å². The van der Waals surface area contributed by atoms with Crippen LogP contribution in [0.25, 0.3) is 10.8 Å². The highest BCUT2D eigenvalue weighted by Gasteiger charge is 2.13. The molecule has 0 amide bonds. The van der Waals surface area contributed by atoms with E-state index in [0.717, 1.165) is 15.6 Å². The fraction of sp³-hybridized carbons (Fsp3) is 0.158. The molecule has 0 bridgehead atoms. The van der Waals surface area contributed by atoms with Crippen molar-refractivity contribution < 1.29 is 5.11 Å². The molecule has 0 aromatic heterocycles. The number of aliphatic hydroxyl groups is 1. The Bertz CT molecular complexity index is 774. The average Bonchev–Trinajstić information content (AvgIpc) is 2.50. The van der Waals surface area contributed by atoms with E-state index in [-0.39, 0.29) is 0 Å². The van der Waals surface area contributed by atoms with Crippen LogP contribution in [-0.4, -0.2) is 5.11 Å². The Hall–Kier alpha value is -1.64. The lowest BCUT2D eigenvalue weighted by Crippen LogP contribution is -2.03. The molecule has 0 aliphatic carbocycles. The number of aryl methyl sites for hydroxylation is 1. The summed E-state index contributed by atoms with van der Waals surface area (Å²) in [6.07, 6.45) is 0.105. The van der Waals surface area contributed by atoms with Gasteiger partial charge in [-0.05, 0) is 34.9 Å². The molecule has 0 heterocycles. The Morgan fingerprint density at radius 1 is 1.00 bits per heavy atom. The second-order valence-electron chi connectivity index (χ2n) is 5.38. The molecule has 3 aromatic rings. The van der Waals surface area contributed by atoms with Gasteiger partial charge in [0.2, 0.25) is 0 Å². The van der Waals surface area contributed by atoms with Gasteiger partial charge in [-0.25, -0.2) is 0 Å². The van der Waals surface area contributed by atoms with Crippen LogP contribution in [0.15, 0.2) is 65.1 Å². The maximum Gasteiger partial charge on any atom is 0.0841 e. The lowest BCUT2D eigenvalue weighted by molar-refractivity contribution is 0.178. The minimum absolute atomic E-state index is 0.509. The van der Waals surface area contributed by atoms with E-state index in [4.69, 9.17) is 0 Å². The highest BCUT2D eigenvalue weighted by atomic mass is 79.9. The molecule has 0 fully saturated rings. The normalized spacial score (nSPS) is 12.5. The van der Waals surface area contributed by atoms with E-state index in [1.807, 2.05) is 37.3 Å².